The molecule has 1 N–H and O–H groups in total. The molecule has 4 heterocycles. The number of ether oxygens (including phenoxy) is 4. The fraction of sp³-hybridized carbons (Fsp3) is 0.485. The molecule has 2 saturated heterocycles. The summed E-state index contributed by atoms with van der Waals surface area (Å²) in [6.45, 7) is 7.62. The molecule has 6 rings (SSSR count). The Labute approximate surface area is 243 Å². The van der Waals surface area contributed by atoms with E-state index in [0.29, 0.717) is 12.5 Å². The maximum absolute atomic E-state index is 6.57. The van der Waals surface area contributed by atoms with Gasteiger partial charge in [0.15, 0.2) is 0 Å². The Kier molecular flexibility index (Phi) is 9.20. The van der Waals surface area contributed by atoms with Crippen molar-refractivity contribution in [2.75, 3.05) is 69.4 Å². The van der Waals surface area contributed by atoms with Gasteiger partial charge in [0.05, 0.1) is 31.5 Å². The smallest absolute Gasteiger partial charge is 0.142 e. The molecule has 3 aliphatic heterocycles. The number of nitrogens with zero attached hydrogens (tertiary/aromatic N) is 3. The molecule has 3 aromatic rings. The van der Waals surface area contributed by atoms with Crippen LogP contribution in [0, 0.1) is 0 Å². The second kappa shape index (κ2) is 13.6. The third-order valence-electron chi connectivity index (χ3n) is 8.38. The summed E-state index contributed by atoms with van der Waals surface area (Å²) >= 11 is 0. The van der Waals surface area contributed by atoms with Gasteiger partial charge in [0, 0.05) is 51.9 Å². The third-order valence-corrected chi connectivity index (χ3v) is 8.38. The summed E-state index contributed by atoms with van der Waals surface area (Å²) in [4.78, 5) is 9.18. The minimum atomic E-state index is 0.113. The first-order valence-electron chi connectivity index (χ1n) is 15.0. The van der Waals surface area contributed by atoms with Crippen LogP contribution in [0.3, 0.4) is 0 Å². The zero-order chi connectivity index (χ0) is 27.9. The summed E-state index contributed by atoms with van der Waals surface area (Å²) in [5, 5.41) is 3.53. The molecular formula is C33H42N4O4. The average Bonchev–Trinajstić information content (AvgIpc) is 3.50. The monoisotopic (exact) mass is 558 g/mol. The van der Waals surface area contributed by atoms with Gasteiger partial charge in [0.1, 0.15) is 30.0 Å². The quantitative estimate of drug-likeness (QED) is 0.342. The lowest BCUT2D eigenvalue weighted by Crippen LogP contribution is -2.41. The van der Waals surface area contributed by atoms with Crippen LogP contribution in [0.4, 0.5) is 11.5 Å². The number of fused-ring (bicyclic) bond motifs is 1. The van der Waals surface area contributed by atoms with Crippen molar-refractivity contribution in [2.24, 2.45) is 0 Å². The van der Waals surface area contributed by atoms with Gasteiger partial charge in [-0.3, -0.25) is 0 Å². The van der Waals surface area contributed by atoms with Crippen molar-refractivity contribution in [2.45, 2.75) is 44.0 Å². The first-order chi connectivity index (χ1) is 20.3. The predicted octanol–water partition coefficient (Wildman–Crippen LogP) is 4.64. The largest absolute Gasteiger partial charge is 0.490 e. The van der Waals surface area contributed by atoms with Crippen LogP contribution in [-0.2, 0) is 16.1 Å². The van der Waals surface area contributed by atoms with Crippen LogP contribution in [0.1, 0.15) is 36.3 Å². The van der Waals surface area contributed by atoms with E-state index in [1.54, 1.807) is 7.11 Å². The Morgan fingerprint density at radius 2 is 1.98 bits per heavy atom. The molecule has 0 unspecified atom stereocenters. The first kappa shape index (κ1) is 27.8. The highest BCUT2D eigenvalue weighted by Gasteiger charge is 2.28. The molecule has 3 atom stereocenters. The molecule has 218 valence electrons. The molecule has 0 radical (unpaired) electrons. The van der Waals surface area contributed by atoms with Gasteiger partial charge in [-0.1, -0.05) is 24.3 Å². The standard InChI is InChI=1S/C33H42N4O4/c1-38-19-4-16-36-18-20-39-31-11-6-25(21-30(31)36)24-40-32-22-34-15-12-29(32)26-7-9-27(10-8-26)41-28-13-17-37(23-28)33-5-2-3-14-35-33/h2-3,5-11,14,21,28-29,32,34H,4,12-13,15-20,22-24H2,1H3/t28-,29+,32-/m0/s1. The summed E-state index contributed by atoms with van der Waals surface area (Å²) in [6, 6.07) is 21.2. The lowest BCUT2D eigenvalue weighted by atomic mass is 9.87. The van der Waals surface area contributed by atoms with E-state index in [4.69, 9.17) is 18.9 Å². The highest BCUT2D eigenvalue weighted by molar-refractivity contribution is 5.61. The van der Waals surface area contributed by atoms with Crippen LogP contribution in [-0.4, -0.2) is 76.8 Å². The summed E-state index contributed by atoms with van der Waals surface area (Å²) in [5.41, 5.74) is 3.65. The van der Waals surface area contributed by atoms with E-state index in [-0.39, 0.29) is 12.2 Å². The van der Waals surface area contributed by atoms with E-state index in [2.05, 4.69) is 68.6 Å². The summed E-state index contributed by atoms with van der Waals surface area (Å²) in [5.74, 6) is 3.26. The third kappa shape index (κ3) is 6.94. The number of piperidine rings is 1. The second-order valence-corrected chi connectivity index (χ2v) is 11.2. The van der Waals surface area contributed by atoms with E-state index in [1.807, 2.05) is 18.3 Å². The molecule has 0 bridgehead atoms. The van der Waals surface area contributed by atoms with Crippen LogP contribution in [0.15, 0.2) is 66.9 Å². The normalized spacial score (nSPS) is 22.3. The van der Waals surface area contributed by atoms with Gasteiger partial charge in [-0.15, -0.1) is 0 Å². The molecule has 0 aliphatic carbocycles. The van der Waals surface area contributed by atoms with Crippen molar-refractivity contribution >= 4 is 11.5 Å². The summed E-state index contributed by atoms with van der Waals surface area (Å²) < 4.78 is 24.1. The molecule has 3 aliphatic rings. The fourth-order valence-corrected chi connectivity index (χ4v) is 6.19. The number of benzene rings is 2. The van der Waals surface area contributed by atoms with Gasteiger partial charge >= 0.3 is 0 Å². The van der Waals surface area contributed by atoms with Gasteiger partial charge in [-0.25, -0.2) is 4.98 Å². The van der Waals surface area contributed by atoms with Crippen LogP contribution in [0.25, 0.3) is 0 Å². The van der Waals surface area contributed by atoms with Crippen LogP contribution in [0.2, 0.25) is 0 Å². The molecule has 0 spiro atoms. The lowest BCUT2D eigenvalue weighted by Gasteiger charge is -2.33. The van der Waals surface area contributed by atoms with Gasteiger partial charge < -0.3 is 34.1 Å². The molecule has 41 heavy (non-hydrogen) atoms. The zero-order valence-corrected chi connectivity index (χ0v) is 24.0. The maximum atomic E-state index is 6.57. The topological polar surface area (TPSA) is 68.3 Å². The number of methoxy groups -OCH3 is 1. The van der Waals surface area contributed by atoms with Crippen LogP contribution < -0.4 is 24.6 Å². The van der Waals surface area contributed by atoms with E-state index in [9.17, 15) is 0 Å². The Hall–Kier alpha value is -3.33. The number of pyridine rings is 1. The van der Waals surface area contributed by atoms with E-state index in [0.717, 1.165) is 94.7 Å². The van der Waals surface area contributed by atoms with Gasteiger partial charge in [-0.2, -0.15) is 0 Å². The van der Waals surface area contributed by atoms with E-state index < -0.39 is 0 Å². The zero-order valence-electron chi connectivity index (χ0n) is 24.0. The molecular weight excluding hydrogens is 516 g/mol. The van der Waals surface area contributed by atoms with Crippen molar-refractivity contribution in [1.82, 2.24) is 10.3 Å². The molecule has 1 aromatic heterocycles. The van der Waals surface area contributed by atoms with Gasteiger partial charge in [-0.05, 0) is 66.9 Å². The van der Waals surface area contributed by atoms with Crippen molar-refractivity contribution in [3.8, 4) is 11.5 Å². The highest BCUT2D eigenvalue weighted by Crippen LogP contribution is 2.34. The van der Waals surface area contributed by atoms with E-state index >= 15 is 0 Å². The second-order valence-electron chi connectivity index (χ2n) is 11.2. The molecule has 8 heteroatoms. The Morgan fingerprint density at radius 1 is 1.05 bits per heavy atom. The highest BCUT2D eigenvalue weighted by atomic mass is 16.5. The van der Waals surface area contributed by atoms with Gasteiger partial charge in [0.2, 0.25) is 0 Å². The molecule has 2 fully saturated rings. The van der Waals surface area contributed by atoms with Crippen molar-refractivity contribution in [3.05, 3.63) is 78.0 Å². The number of nitrogens with one attached hydrogen (secondary N) is 1. The van der Waals surface area contributed by atoms with Crippen LogP contribution in [0.5, 0.6) is 11.5 Å². The van der Waals surface area contributed by atoms with Crippen molar-refractivity contribution in [1.29, 1.82) is 0 Å². The van der Waals surface area contributed by atoms with Crippen molar-refractivity contribution in [3.63, 3.8) is 0 Å². The van der Waals surface area contributed by atoms with Crippen molar-refractivity contribution < 1.29 is 18.9 Å². The Balaban J connectivity index is 1.05. The molecule has 2 aromatic carbocycles. The molecule has 0 saturated carbocycles. The minimum absolute atomic E-state index is 0.113. The SMILES string of the molecule is COCCCN1CCOc2ccc(CO[C@H]3CNCC[C@@H]3c3ccc(O[C@H]4CCN(c5ccccn5)C4)cc3)cc21. The number of aromatic nitrogens is 1. The Bertz CT molecular complexity index is 1240. The Morgan fingerprint density at radius 3 is 2.83 bits per heavy atom. The van der Waals surface area contributed by atoms with Crippen LogP contribution >= 0.6 is 0 Å². The van der Waals surface area contributed by atoms with Gasteiger partial charge in [0.25, 0.3) is 0 Å². The number of anilines is 2. The summed E-state index contributed by atoms with van der Waals surface area (Å²) in [6.07, 6.45) is 5.19. The number of hydrogen-bond donors (Lipinski definition) is 1. The first-order valence-corrected chi connectivity index (χ1v) is 15.0. The minimum Gasteiger partial charge on any atom is -0.490 e. The number of rotatable bonds is 11. The fourth-order valence-electron chi connectivity index (χ4n) is 6.19. The molecule has 0 amide bonds. The number of hydrogen-bond acceptors (Lipinski definition) is 8. The average molecular weight is 559 g/mol. The van der Waals surface area contributed by atoms with E-state index in [1.165, 1.54) is 11.1 Å². The maximum Gasteiger partial charge on any atom is 0.142 e. The molecule has 8 nitrogen and oxygen atoms in total. The predicted molar refractivity (Wildman–Crippen MR) is 161 cm³/mol. The summed E-state index contributed by atoms with van der Waals surface area (Å²) in [7, 11) is 1.76. The lowest BCUT2D eigenvalue weighted by molar-refractivity contribution is 0.0106.